The molecule has 0 aliphatic carbocycles. The van der Waals surface area contributed by atoms with Crippen LogP contribution in [0.4, 0.5) is 10.1 Å². The second-order valence-electron chi connectivity index (χ2n) is 7.72. The minimum atomic E-state index is -0.344. The van der Waals surface area contributed by atoms with Crippen LogP contribution in [0.15, 0.2) is 40.9 Å². The topological polar surface area (TPSA) is 73.0 Å². The number of aryl methyl sites for hydroxylation is 3. The maximum Gasteiger partial charge on any atom is 0.256 e. The number of fused-ring (bicyclic) bond motifs is 1. The van der Waals surface area contributed by atoms with E-state index < -0.39 is 0 Å². The molecule has 4 aromatic rings. The van der Waals surface area contributed by atoms with Crippen molar-refractivity contribution in [2.75, 3.05) is 5.32 Å². The third-order valence-corrected chi connectivity index (χ3v) is 5.05. The Morgan fingerprint density at radius 2 is 1.93 bits per heavy atom. The first-order valence-electron chi connectivity index (χ1n) is 9.77. The number of furan rings is 1. The van der Waals surface area contributed by atoms with Gasteiger partial charge in [0.1, 0.15) is 17.3 Å². The molecular formula is C23H23FN4O2. The number of amides is 1. The van der Waals surface area contributed by atoms with E-state index in [1.54, 1.807) is 29.9 Å². The van der Waals surface area contributed by atoms with Crippen LogP contribution in [0.1, 0.15) is 47.3 Å². The third-order valence-electron chi connectivity index (χ3n) is 5.05. The summed E-state index contributed by atoms with van der Waals surface area (Å²) in [5.74, 6) is 0.855. The van der Waals surface area contributed by atoms with Crippen LogP contribution in [0.2, 0.25) is 0 Å². The average Bonchev–Trinajstić information content (AvgIpc) is 3.25. The number of hydrogen-bond donors (Lipinski definition) is 1. The molecule has 154 valence electrons. The molecule has 30 heavy (non-hydrogen) atoms. The lowest BCUT2D eigenvalue weighted by molar-refractivity contribution is 0.102. The number of hydrogen-bond acceptors (Lipinski definition) is 4. The van der Waals surface area contributed by atoms with Gasteiger partial charge in [0.15, 0.2) is 5.65 Å². The summed E-state index contributed by atoms with van der Waals surface area (Å²) in [7, 11) is 0. The molecule has 0 radical (unpaired) electrons. The van der Waals surface area contributed by atoms with Crippen LogP contribution in [-0.4, -0.2) is 20.7 Å². The van der Waals surface area contributed by atoms with Crippen molar-refractivity contribution in [3.05, 3.63) is 65.0 Å². The lowest BCUT2D eigenvalue weighted by Gasteiger charge is -2.12. The highest BCUT2D eigenvalue weighted by Crippen LogP contribution is 2.30. The Kier molecular flexibility index (Phi) is 4.89. The van der Waals surface area contributed by atoms with Crippen molar-refractivity contribution in [2.24, 2.45) is 0 Å². The van der Waals surface area contributed by atoms with Gasteiger partial charge >= 0.3 is 0 Å². The van der Waals surface area contributed by atoms with Crippen molar-refractivity contribution in [1.82, 2.24) is 14.8 Å². The lowest BCUT2D eigenvalue weighted by atomic mass is 10.1. The van der Waals surface area contributed by atoms with E-state index in [2.05, 4.69) is 10.4 Å². The fourth-order valence-corrected chi connectivity index (χ4v) is 3.56. The second-order valence-corrected chi connectivity index (χ2v) is 7.72. The number of nitrogens with one attached hydrogen (secondary N) is 1. The Hall–Kier alpha value is -3.48. The highest BCUT2D eigenvalue weighted by Gasteiger charge is 2.20. The molecular weight excluding hydrogens is 383 g/mol. The lowest BCUT2D eigenvalue weighted by Crippen LogP contribution is -2.14. The minimum Gasteiger partial charge on any atom is -0.466 e. The van der Waals surface area contributed by atoms with Crippen LogP contribution in [-0.2, 0) is 0 Å². The van der Waals surface area contributed by atoms with E-state index in [0.29, 0.717) is 33.5 Å². The molecule has 0 saturated heterocycles. The SMILES string of the molecule is Cc1cc(-c2cc(C(=O)Nc3ccc(F)cc3C)c3cnn(C(C)C)c3n2)c(C)o1. The average molecular weight is 406 g/mol. The Morgan fingerprint density at radius 1 is 1.17 bits per heavy atom. The highest BCUT2D eigenvalue weighted by atomic mass is 19.1. The zero-order valence-electron chi connectivity index (χ0n) is 17.6. The molecule has 4 rings (SSSR count). The number of anilines is 1. The highest BCUT2D eigenvalue weighted by molar-refractivity contribution is 6.12. The molecule has 3 heterocycles. The predicted molar refractivity (Wildman–Crippen MR) is 114 cm³/mol. The summed E-state index contributed by atoms with van der Waals surface area (Å²) in [6.45, 7) is 9.51. The monoisotopic (exact) mass is 406 g/mol. The summed E-state index contributed by atoms with van der Waals surface area (Å²) in [6, 6.07) is 8.00. The number of carbonyl (C=O) groups excluding carboxylic acids is 1. The summed E-state index contributed by atoms with van der Waals surface area (Å²) in [6.07, 6.45) is 1.66. The molecule has 0 bridgehead atoms. The summed E-state index contributed by atoms with van der Waals surface area (Å²) < 4.78 is 20.9. The number of aromatic nitrogens is 3. The van der Waals surface area contributed by atoms with Crippen molar-refractivity contribution >= 4 is 22.6 Å². The van der Waals surface area contributed by atoms with Crippen molar-refractivity contribution in [3.8, 4) is 11.3 Å². The summed E-state index contributed by atoms with van der Waals surface area (Å²) in [4.78, 5) is 18.0. The summed E-state index contributed by atoms with van der Waals surface area (Å²) >= 11 is 0. The first kappa shape index (κ1) is 19.8. The van der Waals surface area contributed by atoms with Gasteiger partial charge in [0.2, 0.25) is 0 Å². The van der Waals surface area contributed by atoms with Crippen molar-refractivity contribution in [3.63, 3.8) is 0 Å². The number of halogens is 1. The fraction of sp³-hybridized carbons (Fsp3) is 0.261. The van der Waals surface area contributed by atoms with Crippen LogP contribution in [0.3, 0.4) is 0 Å². The van der Waals surface area contributed by atoms with Gasteiger partial charge in [-0.2, -0.15) is 5.10 Å². The summed E-state index contributed by atoms with van der Waals surface area (Å²) in [5, 5.41) is 7.98. The van der Waals surface area contributed by atoms with E-state index in [0.717, 1.165) is 17.1 Å². The summed E-state index contributed by atoms with van der Waals surface area (Å²) in [5.41, 5.74) is 3.75. The van der Waals surface area contributed by atoms with Gasteiger partial charge in [-0.1, -0.05) is 0 Å². The van der Waals surface area contributed by atoms with Gasteiger partial charge in [0, 0.05) is 17.3 Å². The van der Waals surface area contributed by atoms with Crippen LogP contribution >= 0.6 is 0 Å². The molecule has 0 aliphatic rings. The van der Waals surface area contributed by atoms with E-state index in [9.17, 15) is 9.18 Å². The number of benzene rings is 1. The smallest absolute Gasteiger partial charge is 0.256 e. The second kappa shape index (κ2) is 7.40. The Labute approximate surface area is 173 Å². The Bertz CT molecular complexity index is 1270. The van der Waals surface area contributed by atoms with E-state index >= 15 is 0 Å². The van der Waals surface area contributed by atoms with E-state index in [1.807, 2.05) is 33.8 Å². The van der Waals surface area contributed by atoms with Crippen LogP contribution in [0.25, 0.3) is 22.3 Å². The zero-order valence-corrected chi connectivity index (χ0v) is 17.6. The molecule has 0 spiro atoms. The van der Waals surface area contributed by atoms with Gasteiger partial charge < -0.3 is 9.73 Å². The molecule has 0 atom stereocenters. The largest absolute Gasteiger partial charge is 0.466 e. The van der Waals surface area contributed by atoms with Gasteiger partial charge in [-0.25, -0.2) is 14.1 Å². The number of carbonyl (C=O) groups is 1. The standard InChI is InChI=1S/C23H23FN4O2/c1-12(2)28-22-19(11-25-28)18(10-21(26-22)17-9-14(4)30-15(17)5)23(29)27-20-7-6-16(24)8-13(20)3/h6-12H,1-5H3,(H,27,29). The fourth-order valence-electron chi connectivity index (χ4n) is 3.56. The molecule has 6 nitrogen and oxygen atoms in total. The van der Waals surface area contributed by atoms with Gasteiger partial charge in [-0.05, 0) is 70.5 Å². The first-order valence-corrected chi connectivity index (χ1v) is 9.77. The molecule has 3 aromatic heterocycles. The minimum absolute atomic E-state index is 0.0766. The quantitative estimate of drug-likeness (QED) is 0.480. The van der Waals surface area contributed by atoms with Crippen molar-refractivity contribution in [1.29, 1.82) is 0 Å². The van der Waals surface area contributed by atoms with E-state index in [-0.39, 0.29) is 17.8 Å². The van der Waals surface area contributed by atoms with Gasteiger partial charge in [0.05, 0.1) is 22.8 Å². The van der Waals surface area contributed by atoms with E-state index in [1.165, 1.54) is 12.1 Å². The molecule has 0 fully saturated rings. The van der Waals surface area contributed by atoms with Gasteiger partial charge in [0.25, 0.3) is 5.91 Å². The third kappa shape index (κ3) is 3.47. The number of nitrogens with zero attached hydrogens (tertiary/aromatic N) is 3. The van der Waals surface area contributed by atoms with Crippen molar-refractivity contribution < 1.29 is 13.6 Å². The molecule has 0 unspecified atom stereocenters. The molecule has 0 saturated carbocycles. The van der Waals surface area contributed by atoms with Crippen molar-refractivity contribution in [2.45, 2.75) is 40.7 Å². The Balaban J connectivity index is 1.87. The molecule has 1 aromatic carbocycles. The molecule has 1 amide bonds. The van der Waals surface area contributed by atoms with Gasteiger partial charge in [-0.15, -0.1) is 0 Å². The maximum atomic E-state index is 13.4. The molecule has 7 heteroatoms. The molecule has 1 N–H and O–H groups in total. The molecule has 0 aliphatic heterocycles. The van der Waals surface area contributed by atoms with Crippen LogP contribution in [0, 0.1) is 26.6 Å². The zero-order chi connectivity index (χ0) is 21.6. The maximum absolute atomic E-state index is 13.4. The van der Waals surface area contributed by atoms with E-state index in [4.69, 9.17) is 9.40 Å². The number of pyridine rings is 1. The number of rotatable bonds is 4. The van der Waals surface area contributed by atoms with Crippen LogP contribution in [0.5, 0.6) is 0 Å². The first-order chi connectivity index (χ1) is 14.2. The Morgan fingerprint density at radius 3 is 2.57 bits per heavy atom. The predicted octanol–water partition coefficient (Wildman–Crippen LogP) is 5.59. The van der Waals surface area contributed by atoms with Crippen LogP contribution < -0.4 is 5.32 Å². The normalized spacial score (nSPS) is 11.4. The van der Waals surface area contributed by atoms with Gasteiger partial charge in [-0.3, -0.25) is 4.79 Å².